The van der Waals surface area contributed by atoms with Crippen molar-refractivity contribution in [1.29, 1.82) is 0 Å². The van der Waals surface area contributed by atoms with Crippen LogP contribution in [0.5, 0.6) is 0 Å². The molecule has 0 amide bonds. The molecule has 5 nitrogen and oxygen atoms in total. The first-order valence-electron chi connectivity index (χ1n) is 8.58. The van der Waals surface area contributed by atoms with Crippen molar-refractivity contribution in [2.75, 3.05) is 5.32 Å². The van der Waals surface area contributed by atoms with E-state index in [1.54, 1.807) is 6.20 Å². The lowest BCUT2D eigenvalue weighted by Crippen LogP contribution is -2.23. The van der Waals surface area contributed by atoms with Crippen LogP contribution in [0, 0.1) is 5.92 Å². The lowest BCUT2D eigenvalue weighted by Gasteiger charge is -2.25. The van der Waals surface area contributed by atoms with E-state index < -0.39 is 0 Å². The highest BCUT2D eigenvalue weighted by Gasteiger charge is 2.27. The van der Waals surface area contributed by atoms with Crippen molar-refractivity contribution < 1.29 is 5.21 Å². The van der Waals surface area contributed by atoms with E-state index >= 15 is 0 Å². The molecular formula is C21H22N4O. The molecule has 0 saturated carbocycles. The first-order chi connectivity index (χ1) is 12.7. The van der Waals surface area contributed by atoms with Gasteiger partial charge in [0.1, 0.15) is 0 Å². The first-order valence-corrected chi connectivity index (χ1v) is 8.58. The van der Waals surface area contributed by atoms with E-state index in [2.05, 4.69) is 27.0 Å². The van der Waals surface area contributed by atoms with E-state index in [4.69, 9.17) is 0 Å². The van der Waals surface area contributed by atoms with Gasteiger partial charge in [-0.3, -0.25) is 0 Å². The second kappa shape index (κ2) is 8.25. The van der Waals surface area contributed by atoms with Crippen LogP contribution < -0.4 is 5.32 Å². The molecule has 0 bridgehead atoms. The predicted molar refractivity (Wildman–Crippen MR) is 105 cm³/mol. The van der Waals surface area contributed by atoms with E-state index in [-0.39, 0.29) is 5.92 Å². The lowest BCUT2D eigenvalue weighted by atomic mass is 9.82. The smallest absolute Gasteiger partial charge is 0.227 e. The van der Waals surface area contributed by atoms with Crippen LogP contribution in [-0.4, -0.2) is 20.9 Å². The van der Waals surface area contributed by atoms with E-state index in [1.807, 2.05) is 61.6 Å². The van der Waals surface area contributed by atoms with Crippen LogP contribution in [0.2, 0.25) is 0 Å². The van der Waals surface area contributed by atoms with E-state index in [9.17, 15) is 5.21 Å². The van der Waals surface area contributed by atoms with Crippen molar-refractivity contribution in [2.24, 2.45) is 11.1 Å². The molecule has 5 heteroatoms. The van der Waals surface area contributed by atoms with Gasteiger partial charge in [0.25, 0.3) is 0 Å². The second-order valence-corrected chi connectivity index (χ2v) is 6.16. The Kier molecular flexibility index (Phi) is 5.59. The van der Waals surface area contributed by atoms with Crippen LogP contribution >= 0.6 is 0 Å². The molecular weight excluding hydrogens is 324 g/mol. The normalized spacial score (nSPS) is 18.3. The minimum absolute atomic E-state index is 0.148. The summed E-state index contributed by atoms with van der Waals surface area (Å²) in [6.07, 6.45) is 11.0. The highest BCUT2D eigenvalue weighted by atomic mass is 16.4. The van der Waals surface area contributed by atoms with Gasteiger partial charge in [-0.05, 0) is 31.4 Å². The van der Waals surface area contributed by atoms with Gasteiger partial charge in [-0.1, -0.05) is 59.8 Å². The van der Waals surface area contributed by atoms with Gasteiger partial charge in [0.05, 0.1) is 11.4 Å². The van der Waals surface area contributed by atoms with Crippen LogP contribution in [0.4, 0.5) is 11.6 Å². The number of hydrogen-bond donors (Lipinski definition) is 2. The molecule has 3 rings (SSSR count). The van der Waals surface area contributed by atoms with Gasteiger partial charge in [0.2, 0.25) is 5.95 Å². The molecule has 26 heavy (non-hydrogen) atoms. The molecule has 1 heterocycles. The topological polar surface area (TPSA) is 70.4 Å². The summed E-state index contributed by atoms with van der Waals surface area (Å²) >= 11 is 0. The molecule has 0 spiro atoms. The third-order valence-corrected chi connectivity index (χ3v) is 4.35. The number of oxime groups is 1. The zero-order chi connectivity index (χ0) is 18.4. The maximum atomic E-state index is 9.41. The highest BCUT2D eigenvalue weighted by Crippen LogP contribution is 2.30. The number of allylic oxidation sites excluding steroid dienone is 5. The quantitative estimate of drug-likeness (QED) is 0.470. The van der Waals surface area contributed by atoms with Gasteiger partial charge < -0.3 is 10.5 Å². The Morgan fingerprint density at radius 1 is 1.27 bits per heavy atom. The Balaban J connectivity index is 1.85. The van der Waals surface area contributed by atoms with Gasteiger partial charge in [0.15, 0.2) is 0 Å². The number of benzene rings is 1. The summed E-state index contributed by atoms with van der Waals surface area (Å²) in [6.45, 7) is 6.14. The second-order valence-electron chi connectivity index (χ2n) is 6.16. The van der Waals surface area contributed by atoms with Crippen LogP contribution in [0.3, 0.4) is 0 Å². The SMILES string of the molecule is C=C(/C=C\C=C/C)C1C/C(=N\O)c2cnc(Nc3ccccc3)nc2C1. The molecule has 1 aliphatic carbocycles. The van der Waals surface area contributed by atoms with Crippen molar-refractivity contribution in [2.45, 2.75) is 19.8 Å². The molecule has 0 aliphatic heterocycles. The standard InChI is InChI=1S/C21H22N4O/c1-3-4-6-9-15(2)16-12-19-18(20(13-16)25-26)14-22-21(24-19)23-17-10-7-5-8-11-17/h3-11,14,16,26H,2,12-13H2,1H3,(H,22,23,24)/b4-3-,9-6-,25-20+. The van der Waals surface area contributed by atoms with Crippen molar-refractivity contribution >= 4 is 17.3 Å². The molecule has 1 aromatic heterocycles. The Hall–Kier alpha value is -3.21. The zero-order valence-corrected chi connectivity index (χ0v) is 14.8. The summed E-state index contributed by atoms with van der Waals surface area (Å²) in [6, 6.07) is 9.78. The van der Waals surface area contributed by atoms with Gasteiger partial charge in [0, 0.05) is 23.9 Å². The summed E-state index contributed by atoms with van der Waals surface area (Å²) in [7, 11) is 0. The molecule has 1 aromatic carbocycles. The van der Waals surface area contributed by atoms with Gasteiger partial charge in [-0.2, -0.15) is 0 Å². The molecule has 2 N–H and O–H groups in total. The van der Waals surface area contributed by atoms with E-state index in [0.29, 0.717) is 18.1 Å². The van der Waals surface area contributed by atoms with Gasteiger partial charge in [-0.15, -0.1) is 0 Å². The monoisotopic (exact) mass is 346 g/mol. The number of anilines is 2. The fraction of sp³-hybridized carbons (Fsp3) is 0.190. The van der Waals surface area contributed by atoms with Crippen molar-refractivity contribution in [3.8, 4) is 0 Å². The maximum absolute atomic E-state index is 9.41. The van der Waals surface area contributed by atoms with Gasteiger partial charge >= 0.3 is 0 Å². The minimum atomic E-state index is 0.148. The van der Waals surface area contributed by atoms with Crippen molar-refractivity contribution in [3.63, 3.8) is 0 Å². The van der Waals surface area contributed by atoms with Crippen LogP contribution in [0.15, 0.2) is 78.1 Å². The largest absolute Gasteiger partial charge is 0.411 e. The lowest BCUT2D eigenvalue weighted by molar-refractivity contribution is 0.316. The summed E-state index contributed by atoms with van der Waals surface area (Å²) in [5.41, 5.74) is 4.18. The van der Waals surface area contributed by atoms with E-state index in [1.165, 1.54) is 0 Å². The van der Waals surface area contributed by atoms with Crippen LogP contribution in [0.25, 0.3) is 0 Å². The number of hydrogen-bond acceptors (Lipinski definition) is 5. The highest BCUT2D eigenvalue weighted by molar-refractivity contribution is 6.02. The third kappa shape index (κ3) is 4.06. The molecule has 132 valence electrons. The molecule has 2 aromatic rings. The Morgan fingerprint density at radius 3 is 2.81 bits per heavy atom. The Bertz CT molecular complexity index is 869. The minimum Gasteiger partial charge on any atom is -0.411 e. The fourth-order valence-corrected chi connectivity index (χ4v) is 2.96. The van der Waals surface area contributed by atoms with Crippen LogP contribution in [0.1, 0.15) is 24.6 Å². The van der Waals surface area contributed by atoms with E-state index in [0.717, 1.165) is 28.9 Å². The van der Waals surface area contributed by atoms with Crippen molar-refractivity contribution in [3.05, 3.63) is 84.2 Å². The third-order valence-electron chi connectivity index (χ3n) is 4.35. The summed E-state index contributed by atoms with van der Waals surface area (Å²) in [5.74, 6) is 0.678. The zero-order valence-electron chi connectivity index (χ0n) is 14.8. The van der Waals surface area contributed by atoms with Gasteiger partial charge in [-0.25, -0.2) is 9.97 Å². The number of fused-ring (bicyclic) bond motifs is 1. The summed E-state index contributed by atoms with van der Waals surface area (Å²) in [4.78, 5) is 9.00. The average molecular weight is 346 g/mol. The first kappa shape index (κ1) is 17.6. The molecule has 1 atom stereocenters. The molecule has 0 radical (unpaired) electrons. The number of nitrogens with one attached hydrogen (secondary N) is 1. The molecule has 0 fully saturated rings. The maximum Gasteiger partial charge on any atom is 0.227 e. The Labute approximate surface area is 153 Å². The van der Waals surface area contributed by atoms with Crippen LogP contribution in [-0.2, 0) is 6.42 Å². The van der Waals surface area contributed by atoms with Crippen molar-refractivity contribution in [1.82, 2.24) is 9.97 Å². The molecule has 1 unspecified atom stereocenters. The number of aromatic nitrogens is 2. The number of nitrogens with zero attached hydrogens (tertiary/aromatic N) is 3. The summed E-state index contributed by atoms with van der Waals surface area (Å²) in [5, 5.41) is 16.1. The average Bonchev–Trinajstić information content (AvgIpc) is 2.67. The fourth-order valence-electron chi connectivity index (χ4n) is 2.96. The number of rotatable bonds is 5. The Morgan fingerprint density at radius 2 is 2.08 bits per heavy atom. The number of para-hydroxylation sites is 1. The molecule has 0 saturated heterocycles. The molecule has 1 aliphatic rings. The predicted octanol–water partition coefficient (Wildman–Crippen LogP) is 4.65. The summed E-state index contributed by atoms with van der Waals surface area (Å²) < 4.78 is 0.